The number of carbonyl (C=O) groups is 1. The molecule has 114 valence electrons. The van der Waals surface area contributed by atoms with E-state index in [4.69, 9.17) is 9.15 Å². The van der Waals surface area contributed by atoms with E-state index in [0.29, 0.717) is 24.7 Å². The minimum Gasteiger partial charge on any atom is -0.440 e. The Labute approximate surface area is 127 Å². The van der Waals surface area contributed by atoms with Gasteiger partial charge < -0.3 is 14.1 Å². The molecule has 0 radical (unpaired) electrons. The van der Waals surface area contributed by atoms with Crippen molar-refractivity contribution in [1.29, 1.82) is 0 Å². The fraction of sp³-hybridized carbons (Fsp3) is 0.267. The number of anilines is 1. The highest BCUT2D eigenvalue weighted by atomic mass is 16.5. The van der Waals surface area contributed by atoms with Crippen LogP contribution in [0, 0.1) is 0 Å². The third-order valence-corrected chi connectivity index (χ3v) is 3.19. The van der Waals surface area contributed by atoms with Crippen LogP contribution in [0.25, 0.3) is 0 Å². The summed E-state index contributed by atoms with van der Waals surface area (Å²) in [4.78, 5) is 17.8. The Morgan fingerprint density at radius 1 is 1.27 bits per heavy atom. The second-order valence-electron chi connectivity index (χ2n) is 4.69. The molecule has 7 nitrogen and oxygen atoms in total. The highest BCUT2D eigenvalue weighted by molar-refractivity contribution is 5.92. The molecule has 1 fully saturated rings. The molecule has 0 aromatic carbocycles. The zero-order chi connectivity index (χ0) is 15.2. The Bertz CT molecular complexity index is 648. The van der Waals surface area contributed by atoms with Crippen molar-refractivity contribution in [2.45, 2.75) is 0 Å². The maximum absolute atomic E-state index is 11.7. The van der Waals surface area contributed by atoms with Crippen molar-refractivity contribution in [3.05, 3.63) is 48.0 Å². The van der Waals surface area contributed by atoms with Crippen LogP contribution in [0.2, 0.25) is 0 Å². The molecular formula is C15H16N4O3. The van der Waals surface area contributed by atoms with Gasteiger partial charge in [0, 0.05) is 25.4 Å². The maximum atomic E-state index is 11.7. The molecule has 2 aromatic heterocycles. The largest absolute Gasteiger partial charge is 0.440 e. The second kappa shape index (κ2) is 6.86. The van der Waals surface area contributed by atoms with Gasteiger partial charge in [0.15, 0.2) is 5.88 Å². The SMILES string of the molecule is O=C(N/N=C\c1ccc(N2CCOCC2)o1)c1ccccn1. The van der Waals surface area contributed by atoms with Crippen LogP contribution in [0.3, 0.4) is 0 Å². The predicted octanol–water partition coefficient (Wildman–Crippen LogP) is 1.28. The standard InChI is InChI=1S/C15H16N4O3/c20-15(13-3-1-2-6-16-13)18-17-11-12-4-5-14(22-12)19-7-9-21-10-8-19/h1-6,11H,7-10H2,(H,18,20)/b17-11-. The van der Waals surface area contributed by atoms with E-state index in [1.807, 2.05) is 6.07 Å². The fourth-order valence-electron chi connectivity index (χ4n) is 2.07. The number of amides is 1. The number of ether oxygens (including phenoxy) is 1. The summed E-state index contributed by atoms with van der Waals surface area (Å²) >= 11 is 0. The van der Waals surface area contributed by atoms with E-state index >= 15 is 0 Å². The lowest BCUT2D eigenvalue weighted by molar-refractivity contribution is 0.0950. The molecule has 3 heterocycles. The number of aromatic nitrogens is 1. The van der Waals surface area contributed by atoms with Gasteiger partial charge in [-0.2, -0.15) is 5.10 Å². The number of rotatable bonds is 4. The lowest BCUT2D eigenvalue weighted by atomic mass is 10.3. The summed E-state index contributed by atoms with van der Waals surface area (Å²) in [7, 11) is 0. The van der Waals surface area contributed by atoms with Gasteiger partial charge >= 0.3 is 0 Å². The van der Waals surface area contributed by atoms with Crippen molar-refractivity contribution in [2.24, 2.45) is 5.10 Å². The van der Waals surface area contributed by atoms with Gasteiger partial charge in [-0.1, -0.05) is 6.07 Å². The van der Waals surface area contributed by atoms with E-state index in [2.05, 4.69) is 20.4 Å². The molecule has 22 heavy (non-hydrogen) atoms. The van der Waals surface area contributed by atoms with Crippen molar-refractivity contribution in [1.82, 2.24) is 10.4 Å². The van der Waals surface area contributed by atoms with Gasteiger partial charge in [0.1, 0.15) is 11.5 Å². The predicted molar refractivity (Wildman–Crippen MR) is 81.0 cm³/mol. The molecule has 1 aliphatic heterocycles. The Kier molecular flexibility index (Phi) is 4.45. The quantitative estimate of drug-likeness (QED) is 0.679. The van der Waals surface area contributed by atoms with Crippen LogP contribution in [-0.2, 0) is 4.74 Å². The van der Waals surface area contributed by atoms with Crippen molar-refractivity contribution >= 4 is 18.0 Å². The molecule has 0 bridgehead atoms. The maximum Gasteiger partial charge on any atom is 0.289 e. The smallest absolute Gasteiger partial charge is 0.289 e. The van der Waals surface area contributed by atoms with Crippen molar-refractivity contribution < 1.29 is 13.9 Å². The molecule has 0 atom stereocenters. The van der Waals surface area contributed by atoms with Crippen LogP contribution in [0.1, 0.15) is 16.2 Å². The lowest BCUT2D eigenvalue weighted by Gasteiger charge is -2.26. The van der Waals surface area contributed by atoms with Gasteiger partial charge in [-0.3, -0.25) is 9.78 Å². The summed E-state index contributed by atoms with van der Waals surface area (Å²) in [6.45, 7) is 3.01. The molecule has 0 unspecified atom stereocenters. The number of morpholine rings is 1. The number of hydrogen-bond acceptors (Lipinski definition) is 6. The summed E-state index contributed by atoms with van der Waals surface area (Å²) < 4.78 is 11.0. The highest BCUT2D eigenvalue weighted by Gasteiger charge is 2.14. The topological polar surface area (TPSA) is 80.0 Å². The minimum atomic E-state index is -0.364. The average molecular weight is 300 g/mol. The van der Waals surface area contributed by atoms with E-state index in [0.717, 1.165) is 19.0 Å². The van der Waals surface area contributed by atoms with E-state index in [9.17, 15) is 4.79 Å². The van der Waals surface area contributed by atoms with E-state index in [1.54, 1.807) is 30.5 Å². The summed E-state index contributed by atoms with van der Waals surface area (Å²) in [5.74, 6) is 0.987. The van der Waals surface area contributed by atoms with Gasteiger partial charge in [-0.25, -0.2) is 5.43 Å². The summed E-state index contributed by atoms with van der Waals surface area (Å²) in [5.41, 5.74) is 2.72. The van der Waals surface area contributed by atoms with E-state index in [1.165, 1.54) is 6.21 Å². The third kappa shape index (κ3) is 3.50. The second-order valence-corrected chi connectivity index (χ2v) is 4.69. The first-order valence-electron chi connectivity index (χ1n) is 7.00. The summed E-state index contributed by atoms with van der Waals surface area (Å²) in [5, 5.41) is 3.87. The third-order valence-electron chi connectivity index (χ3n) is 3.19. The van der Waals surface area contributed by atoms with Gasteiger partial charge in [0.05, 0.1) is 19.4 Å². The van der Waals surface area contributed by atoms with Crippen LogP contribution in [-0.4, -0.2) is 43.4 Å². The Balaban J connectivity index is 1.57. The summed E-state index contributed by atoms with van der Waals surface area (Å²) in [6, 6.07) is 8.80. The molecule has 1 saturated heterocycles. The van der Waals surface area contributed by atoms with Crippen molar-refractivity contribution in [3.63, 3.8) is 0 Å². The normalized spacial score (nSPS) is 15.2. The molecule has 7 heteroatoms. The number of nitrogens with one attached hydrogen (secondary N) is 1. The molecule has 0 saturated carbocycles. The molecular weight excluding hydrogens is 284 g/mol. The first kappa shape index (κ1) is 14.3. The minimum absolute atomic E-state index is 0.313. The molecule has 1 amide bonds. The first-order chi connectivity index (χ1) is 10.8. The number of nitrogens with zero attached hydrogens (tertiary/aromatic N) is 3. The number of hydrogen-bond donors (Lipinski definition) is 1. The molecule has 1 aliphatic rings. The Morgan fingerprint density at radius 3 is 2.91 bits per heavy atom. The average Bonchev–Trinajstić information content (AvgIpc) is 3.05. The van der Waals surface area contributed by atoms with Gasteiger partial charge in [0.2, 0.25) is 0 Å². The van der Waals surface area contributed by atoms with Crippen LogP contribution < -0.4 is 10.3 Å². The highest BCUT2D eigenvalue weighted by Crippen LogP contribution is 2.18. The molecule has 0 spiro atoms. The van der Waals surface area contributed by atoms with Crippen LogP contribution in [0.4, 0.5) is 5.88 Å². The van der Waals surface area contributed by atoms with Gasteiger partial charge in [-0.05, 0) is 18.2 Å². The van der Waals surface area contributed by atoms with Gasteiger partial charge in [-0.15, -0.1) is 0 Å². The van der Waals surface area contributed by atoms with Crippen LogP contribution in [0.5, 0.6) is 0 Å². The molecule has 1 N–H and O–H groups in total. The first-order valence-corrected chi connectivity index (χ1v) is 7.00. The molecule has 2 aromatic rings. The number of hydrazone groups is 1. The zero-order valence-electron chi connectivity index (χ0n) is 11.9. The fourth-order valence-corrected chi connectivity index (χ4v) is 2.07. The van der Waals surface area contributed by atoms with E-state index < -0.39 is 0 Å². The number of carbonyl (C=O) groups excluding carboxylic acids is 1. The van der Waals surface area contributed by atoms with Crippen LogP contribution in [0.15, 0.2) is 46.0 Å². The molecule has 0 aliphatic carbocycles. The number of furan rings is 1. The Hall–Kier alpha value is -2.67. The summed E-state index contributed by atoms with van der Waals surface area (Å²) in [6.07, 6.45) is 3.02. The van der Waals surface area contributed by atoms with E-state index in [-0.39, 0.29) is 5.91 Å². The lowest BCUT2D eigenvalue weighted by Crippen LogP contribution is -2.35. The van der Waals surface area contributed by atoms with Gasteiger partial charge in [0.25, 0.3) is 5.91 Å². The molecule has 3 rings (SSSR count). The van der Waals surface area contributed by atoms with Crippen LogP contribution >= 0.6 is 0 Å². The monoisotopic (exact) mass is 300 g/mol. The van der Waals surface area contributed by atoms with Crippen molar-refractivity contribution in [2.75, 3.05) is 31.2 Å². The Morgan fingerprint density at radius 2 is 2.14 bits per heavy atom. The van der Waals surface area contributed by atoms with Crippen molar-refractivity contribution in [3.8, 4) is 0 Å². The number of pyridine rings is 1. The zero-order valence-corrected chi connectivity index (χ0v) is 11.9.